The second kappa shape index (κ2) is 6.86. The van der Waals surface area contributed by atoms with E-state index in [0.29, 0.717) is 18.0 Å². The number of halogens is 1. The summed E-state index contributed by atoms with van der Waals surface area (Å²) in [5, 5.41) is 2.90. The number of carbonyl (C=O) groups is 1. The van der Waals surface area contributed by atoms with E-state index in [1.54, 1.807) is 12.1 Å². The number of anilines is 1. The molecule has 0 saturated heterocycles. The zero-order valence-electron chi connectivity index (χ0n) is 11.0. The number of amides is 1. The molecule has 0 saturated carbocycles. The fraction of sp³-hybridized carbons (Fsp3) is 0.214. The van der Waals surface area contributed by atoms with Crippen molar-refractivity contribution >= 4 is 23.2 Å². The molecule has 1 heterocycles. The van der Waals surface area contributed by atoms with Crippen molar-refractivity contribution in [3.8, 4) is 5.75 Å². The molecule has 0 unspecified atom stereocenters. The molecule has 0 spiro atoms. The molecule has 1 amide bonds. The summed E-state index contributed by atoms with van der Waals surface area (Å²) in [6, 6.07) is 7.18. The highest BCUT2D eigenvalue weighted by atomic mass is 35.5. The normalized spacial score (nSPS) is 10.1. The van der Waals surface area contributed by atoms with Crippen LogP contribution in [0.15, 0.2) is 36.7 Å². The van der Waals surface area contributed by atoms with Gasteiger partial charge in [0.1, 0.15) is 16.6 Å². The Kier molecular flexibility index (Phi) is 4.90. The van der Waals surface area contributed by atoms with Crippen LogP contribution in [-0.2, 0) is 0 Å². The summed E-state index contributed by atoms with van der Waals surface area (Å²) in [5.41, 5.74) is 0.794. The minimum Gasteiger partial charge on any atom is -0.494 e. The maximum atomic E-state index is 12.0. The molecular weight excluding hydrogens is 278 g/mol. The second-order valence-corrected chi connectivity index (χ2v) is 4.44. The lowest BCUT2D eigenvalue weighted by atomic mass is 10.3. The van der Waals surface area contributed by atoms with Gasteiger partial charge in [0.25, 0.3) is 5.91 Å². The predicted molar refractivity (Wildman–Crippen MR) is 77.2 cm³/mol. The summed E-state index contributed by atoms with van der Waals surface area (Å²) >= 11 is 5.70. The lowest BCUT2D eigenvalue weighted by molar-refractivity contribution is 0.102. The highest BCUT2D eigenvalue weighted by Crippen LogP contribution is 2.18. The smallest absolute Gasteiger partial charge is 0.275 e. The Morgan fingerprint density at radius 2 is 2.25 bits per heavy atom. The van der Waals surface area contributed by atoms with Crippen LogP contribution in [-0.4, -0.2) is 22.5 Å². The van der Waals surface area contributed by atoms with Crippen LogP contribution in [0.1, 0.15) is 23.8 Å². The molecule has 0 atom stereocenters. The number of benzene rings is 1. The zero-order valence-corrected chi connectivity index (χ0v) is 11.7. The highest BCUT2D eigenvalue weighted by Gasteiger charge is 2.09. The van der Waals surface area contributed by atoms with E-state index in [-0.39, 0.29) is 16.8 Å². The van der Waals surface area contributed by atoms with Gasteiger partial charge in [0.2, 0.25) is 0 Å². The first-order chi connectivity index (χ1) is 9.69. The zero-order chi connectivity index (χ0) is 14.4. The Balaban J connectivity index is 2.07. The van der Waals surface area contributed by atoms with Crippen LogP contribution < -0.4 is 10.1 Å². The van der Waals surface area contributed by atoms with Crippen LogP contribution in [0, 0.1) is 0 Å². The van der Waals surface area contributed by atoms with Gasteiger partial charge >= 0.3 is 0 Å². The lowest BCUT2D eigenvalue weighted by Crippen LogP contribution is -2.14. The van der Waals surface area contributed by atoms with E-state index in [4.69, 9.17) is 16.3 Å². The molecule has 0 fully saturated rings. The van der Waals surface area contributed by atoms with Crippen molar-refractivity contribution < 1.29 is 9.53 Å². The molecule has 104 valence electrons. The molecule has 5 nitrogen and oxygen atoms in total. The summed E-state index contributed by atoms with van der Waals surface area (Å²) < 4.78 is 5.50. The summed E-state index contributed by atoms with van der Waals surface area (Å²) in [7, 11) is 0. The van der Waals surface area contributed by atoms with Gasteiger partial charge in [-0.15, -0.1) is 0 Å². The third kappa shape index (κ3) is 3.93. The van der Waals surface area contributed by atoms with Gasteiger partial charge in [0.05, 0.1) is 19.0 Å². The van der Waals surface area contributed by atoms with E-state index in [0.717, 1.165) is 6.42 Å². The van der Waals surface area contributed by atoms with E-state index < -0.39 is 0 Å². The summed E-state index contributed by atoms with van der Waals surface area (Å²) in [6.45, 7) is 2.67. The summed E-state index contributed by atoms with van der Waals surface area (Å²) in [4.78, 5) is 19.7. The molecular formula is C14H14ClN3O2. The Morgan fingerprint density at radius 3 is 3.00 bits per heavy atom. The molecule has 0 aliphatic rings. The van der Waals surface area contributed by atoms with Crippen molar-refractivity contribution in [3.05, 3.63) is 47.5 Å². The van der Waals surface area contributed by atoms with Gasteiger partial charge in [0.15, 0.2) is 0 Å². The van der Waals surface area contributed by atoms with E-state index in [1.807, 2.05) is 19.1 Å². The molecule has 1 aromatic heterocycles. The molecule has 0 radical (unpaired) electrons. The number of nitrogens with one attached hydrogen (secondary N) is 1. The Hall–Kier alpha value is -2.14. The molecule has 6 heteroatoms. The molecule has 20 heavy (non-hydrogen) atoms. The number of rotatable bonds is 5. The molecule has 1 N–H and O–H groups in total. The standard InChI is InChI=1S/C14H14ClN3O2/c1-2-6-20-11-5-3-4-10(7-11)17-14(19)12-8-16-9-13(15)18-12/h3-5,7-9H,2,6H2,1H3,(H,17,19). The quantitative estimate of drug-likeness (QED) is 0.919. The SMILES string of the molecule is CCCOc1cccc(NC(=O)c2cncc(Cl)n2)c1. The molecule has 2 rings (SSSR count). The monoisotopic (exact) mass is 291 g/mol. The number of aromatic nitrogens is 2. The first kappa shape index (κ1) is 14.3. The Labute approximate surface area is 122 Å². The molecule has 2 aromatic rings. The fourth-order valence-electron chi connectivity index (χ4n) is 1.53. The van der Waals surface area contributed by atoms with Gasteiger partial charge < -0.3 is 10.1 Å². The van der Waals surface area contributed by atoms with Crippen molar-refractivity contribution in [1.29, 1.82) is 0 Å². The number of ether oxygens (including phenoxy) is 1. The van der Waals surface area contributed by atoms with Crippen LogP contribution in [0.25, 0.3) is 0 Å². The highest BCUT2D eigenvalue weighted by molar-refractivity contribution is 6.29. The largest absolute Gasteiger partial charge is 0.494 e. The van der Waals surface area contributed by atoms with Gasteiger partial charge in [-0.3, -0.25) is 9.78 Å². The third-order valence-corrected chi connectivity index (χ3v) is 2.58. The topological polar surface area (TPSA) is 64.1 Å². The van der Waals surface area contributed by atoms with Crippen LogP contribution in [0.5, 0.6) is 5.75 Å². The van der Waals surface area contributed by atoms with Gasteiger partial charge in [-0.25, -0.2) is 4.98 Å². The van der Waals surface area contributed by atoms with Crippen molar-refractivity contribution in [2.45, 2.75) is 13.3 Å². The fourth-order valence-corrected chi connectivity index (χ4v) is 1.68. The maximum absolute atomic E-state index is 12.0. The molecule has 0 aliphatic heterocycles. The van der Waals surface area contributed by atoms with E-state index in [1.165, 1.54) is 12.4 Å². The number of nitrogens with zero attached hydrogens (tertiary/aromatic N) is 2. The number of carbonyl (C=O) groups excluding carboxylic acids is 1. The third-order valence-electron chi connectivity index (χ3n) is 2.40. The van der Waals surface area contributed by atoms with Crippen LogP contribution in [0.2, 0.25) is 5.15 Å². The summed E-state index contributed by atoms with van der Waals surface area (Å²) in [6.07, 6.45) is 3.66. The van der Waals surface area contributed by atoms with Crippen molar-refractivity contribution in [1.82, 2.24) is 9.97 Å². The Morgan fingerprint density at radius 1 is 1.40 bits per heavy atom. The lowest BCUT2D eigenvalue weighted by Gasteiger charge is -2.08. The van der Waals surface area contributed by atoms with Gasteiger partial charge in [0, 0.05) is 11.8 Å². The molecule has 0 aliphatic carbocycles. The molecule has 1 aromatic carbocycles. The van der Waals surface area contributed by atoms with Crippen molar-refractivity contribution in [2.24, 2.45) is 0 Å². The Bertz CT molecular complexity index is 604. The maximum Gasteiger partial charge on any atom is 0.275 e. The summed E-state index contributed by atoms with van der Waals surface area (Å²) in [5.74, 6) is 0.342. The predicted octanol–water partition coefficient (Wildman–Crippen LogP) is 3.17. The van der Waals surface area contributed by atoms with Gasteiger partial charge in [-0.1, -0.05) is 24.6 Å². The van der Waals surface area contributed by atoms with Crippen molar-refractivity contribution in [2.75, 3.05) is 11.9 Å². The van der Waals surface area contributed by atoms with Crippen LogP contribution in [0.4, 0.5) is 5.69 Å². The van der Waals surface area contributed by atoms with Gasteiger partial charge in [-0.05, 0) is 18.6 Å². The van der Waals surface area contributed by atoms with Crippen molar-refractivity contribution in [3.63, 3.8) is 0 Å². The first-order valence-electron chi connectivity index (χ1n) is 6.21. The number of hydrogen-bond donors (Lipinski definition) is 1. The minimum absolute atomic E-state index is 0.164. The van der Waals surface area contributed by atoms with E-state index in [2.05, 4.69) is 15.3 Å². The van der Waals surface area contributed by atoms with Crippen LogP contribution >= 0.6 is 11.6 Å². The minimum atomic E-state index is -0.368. The molecule has 0 bridgehead atoms. The average molecular weight is 292 g/mol. The number of hydrogen-bond acceptors (Lipinski definition) is 4. The second-order valence-electron chi connectivity index (χ2n) is 4.06. The average Bonchev–Trinajstić information content (AvgIpc) is 2.45. The van der Waals surface area contributed by atoms with E-state index in [9.17, 15) is 4.79 Å². The van der Waals surface area contributed by atoms with Crippen LogP contribution in [0.3, 0.4) is 0 Å². The van der Waals surface area contributed by atoms with Gasteiger partial charge in [-0.2, -0.15) is 0 Å². The van der Waals surface area contributed by atoms with E-state index >= 15 is 0 Å². The first-order valence-corrected chi connectivity index (χ1v) is 6.58.